The average molecular weight is 622 g/mol. The Hall–Kier alpha value is -3.02. The second-order valence-corrected chi connectivity index (χ2v) is 11.6. The maximum Gasteiger partial charge on any atom is 0.119 e. The zero-order valence-electron chi connectivity index (χ0n) is 25.1. The number of hydrogen-bond acceptors (Lipinski definition) is 3. The van der Waals surface area contributed by atoms with E-state index in [1.54, 1.807) is 0 Å². The number of nitrogens with zero attached hydrogens (tertiary/aromatic N) is 1. The molecule has 0 spiro atoms. The van der Waals surface area contributed by atoms with Gasteiger partial charge in [0.15, 0.2) is 0 Å². The molecule has 0 saturated carbocycles. The Bertz CT molecular complexity index is 1210. The Morgan fingerprint density at radius 1 is 0.605 bits per heavy atom. The van der Waals surface area contributed by atoms with Gasteiger partial charge in [-0.15, -0.1) is 12.4 Å². The van der Waals surface area contributed by atoms with Gasteiger partial charge in [-0.05, 0) is 72.2 Å². The molecule has 5 rings (SSSR count). The van der Waals surface area contributed by atoms with E-state index < -0.39 is 0 Å². The van der Waals surface area contributed by atoms with Crippen molar-refractivity contribution in [1.29, 1.82) is 0 Å². The zero-order valence-corrected chi connectivity index (χ0v) is 26.7. The molecule has 0 aromatic heterocycles. The molecule has 1 fully saturated rings. The maximum atomic E-state index is 6.51. The van der Waals surface area contributed by atoms with Gasteiger partial charge in [-0.25, -0.2) is 0 Å². The van der Waals surface area contributed by atoms with Gasteiger partial charge < -0.3 is 32.1 Å². The van der Waals surface area contributed by atoms with Gasteiger partial charge in [-0.1, -0.05) is 84.9 Å². The van der Waals surface area contributed by atoms with Gasteiger partial charge in [-0.3, -0.25) is 0 Å². The summed E-state index contributed by atoms with van der Waals surface area (Å²) < 4.78 is 13.1. The van der Waals surface area contributed by atoms with E-state index in [-0.39, 0.29) is 24.8 Å². The van der Waals surface area contributed by atoms with Crippen LogP contribution >= 0.6 is 12.4 Å². The Balaban J connectivity index is 0.00000253. The quantitative estimate of drug-likeness (QED) is 0.207. The lowest BCUT2D eigenvalue weighted by molar-refractivity contribution is -0.933. The molecule has 0 amide bonds. The van der Waals surface area contributed by atoms with Crippen LogP contribution in [0.3, 0.4) is 0 Å². The number of halogens is 2. The predicted molar refractivity (Wildman–Crippen MR) is 175 cm³/mol. The summed E-state index contributed by atoms with van der Waals surface area (Å²) in [5, 5.41) is 0. The Kier molecular flexibility index (Phi) is 14.4. The molecule has 1 saturated heterocycles. The van der Waals surface area contributed by atoms with E-state index in [1.165, 1.54) is 61.2 Å². The van der Waals surface area contributed by atoms with Crippen LogP contribution in [0.2, 0.25) is 0 Å². The first-order valence-electron chi connectivity index (χ1n) is 15.3. The topological polar surface area (TPSA) is 44.5 Å². The molecule has 1 aliphatic rings. The fourth-order valence-corrected chi connectivity index (χ4v) is 6.11. The third-order valence-corrected chi connectivity index (χ3v) is 8.37. The third-order valence-electron chi connectivity index (χ3n) is 8.37. The molecular formula is C37H46Cl2N2O2. The summed E-state index contributed by atoms with van der Waals surface area (Å²) in [4.78, 5) is 0. The van der Waals surface area contributed by atoms with Crippen LogP contribution < -0.4 is 27.6 Å². The first kappa shape index (κ1) is 34.5. The van der Waals surface area contributed by atoms with Crippen LogP contribution in [-0.2, 0) is 26.1 Å². The summed E-state index contributed by atoms with van der Waals surface area (Å²) in [5.74, 6) is 1.86. The van der Waals surface area contributed by atoms with Crippen LogP contribution in [0, 0.1) is 0 Å². The van der Waals surface area contributed by atoms with Crippen molar-refractivity contribution in [2.75, 3.05) is 26.2 Å². The van der Waals surface area contributed by atoms with E-state index in [0.29, 0.717) is 19.3 Å². The van der Waals surface area contributed by atoms with Crippen LogP contribution in [0.5, 0.6) is 11.5 Å². The minimum Gasteiger partial charge on any atom is -1.00 e. The molecule has 0 radical (unpaired) electrons. The number of quaternary nitrogens is 1. The van der Waals surface area contributed by atoms with Crippen LogP contribution in [0.15, 0.2) is 109 Å². The van der Waals surface area contributed by atoms with Gasteiger partial charge in [-0.2, -0.15) is 0 Å². The van der Waals surface area contributed by atoms with Gasteiger partial charge in [0.1, 0.15) is 24.7 Å². The van der Waals surface area contributed by atoms with Crippen molar-refractivity contribution in [3.05, 3.63) is 131 Å². The van der Waals surface area contributed by atoms with E-state index in [9.17, 15) is 0 Å². The molecule has 1 heterocycles. The number of piperidine rings is 1. The molecule has 43 heavy (non-hydrogen) atoms. The summed E-state index contributed by atoms with van der Waals surface area (Å²) in [6.45, 7) is 5.97. The van der Waals surface area contributed by atoms with E-state index in [2.05, 4.69) is 72.8 Å². The van der Waals surface area contributed by atoms with Crippen molar-refractivity contribution >= 4 is 12.4 Å². The van der Waals surface area contributed by atoms with Crippen molar-refractivity contribution < 1.29 is 26.4 Å². The average Bonchev–Trinajstić information content (AvgIpc) is 3.01. The SMILES string of the molecule is Cl.NC1CCC[N+](CCCc2ccc(OCc3ccccc3)cc2)(CCCc2ccc(OCc3ccccc3)cc2)C1.[Cl-]. The Morgan fingerprint density at radius 2 is 1.05 bits per heavy atom. The Labute approximate surface area is 270 Å². The minimum atomic E-state index is 0. The largest absolute Gasteiger partial charge is 1.00 e. The molecular weight excluding hydrogens is 575 g/mol. The van der Waals surface area contributed by atoms with Crippen LogP contribution in [-0.4, -0.2) is 36.7 Å². The van der Waals surface area contributed by atoms with Crippen molar-refractivity contribution in [3.63, 3.8) is 0 Å². The fourth-order valence-electron chi connectivity index (χ4n) is 6.11. The summed E-state index contributed by atoms with van der Waals surface area (Å²) in [7, 11) is 0. The molecule has 2 N–H and O–H groups in total. The van der Waals surface area contributed by atoms with Crippen molar-refractivity contribution in [2.45, 2.75) is 57.8 Å². The number of rotatable bonds is 14. The second kappa shape index (κ2) is 17.9. The predicted octanol–water partition coefficient (Wildman–Crippen LogP) is 4.77. The molecule has 1 unspecified atom stereocenters. The van der Waals surface area contributed by atoms with E-state index in [1.807, 2.05) is 36.4 Å². The first-order valence-corrected chi connectivity index (χ1v) is 15.3. The highest BCUT2D eigenvalue weighted by Crippen LogP contribution is 2.23. The molecule has 6 heteroatoms. The molecule has 0 aliphatic carbocycles. The molecule has 4 aromatic rings. The highest BCUT2D eigenvalue weighted by Gasteiger charge is 2.32. The van der Waals surface area contributed by atoms with Gasteiger partial charge in [0.2, 0.25) is 0 Å². The number of nitrogens with two attached hydrogens (primary N) is 1. The summed E-state index contributed by atoms with van der Waals surface area (Å²) in [6, 6.07) is 38.3. The number of ether oxygens (including phenoxy) is 2. The number of benzene rings is 4. The maximum absolute atomic E-state index is 6.51. The lowest BCUT2D eigenvalue weighted by atomic mass is 10.00. The lowest BCUT2D eigenvalue weighted by Crippen LogP contribution is -3.00. The highest BCUT2D eigenvalue weighted by molar-refractivity contribution is 5.85. The molecule has 0 bridgehead atoms. The van der Waals surface area contributed by atoms with Crippen molar-refractivity contribution in [3.8, 4) is 11.5 Å². The Morgan fingerprint density at radius 3 is 1.47 bits per heavy atom. The van der Waals surface area contributed by atoms with E-state index in [4.69, 9.17) is 15.2 Å². The van der Waals surface area contributed by atoms with Crippen molar-refractivity contribution in [2.24, 2.45) is 5.73 Å². The second-order valence-electron chi connectivity index (χ2n) is 11.6. The third kappa shape index (κ3) is 11.2. The van der Waals surface area contributed by atoms with Gasteiger partial charge >= 0.3 is 0 Å². The van der Waals surface area contributed by atoms with E-state index >= 15 is 0 Å². The smallest absolute Gasteiger partial charge is 0.119 e. The fraction of sp³-hybridized carbons (Fsp3) is 0.351. The number of likely N-dealkylation sites (tertiary alicyclic amines) is 1. The van der Waals surface area contributed by atoms with Crippen molar-refractivity contribution in [1.82, 2.24) is 0 Å². The monoisotopic (exact) mass is 620 g/mol. The number of hydrogen-bond donors (Lipinski definition) is 1. The van der Waals surface area contributed by atoms with Crippen LogP contribution in [0.4, 0.5) is 0 Å². The van der Waals surface area contributed by atoms with Gasteiger partial charge in [0, 0.05) is 12.8 Å². The van der Waals surface area contributed by atoms with Gasteiger partial charge in [0.25, 0.3) is 0 Å². The summed E-state index contributed by atoms with van der Waals surface area (Å²) in [5.41, 5.74) is 11.6. The standard InChI is InChI=1S/C37H45N2O2.2ClH/c38-35-16-9-27-39(28-35,25-7-14-31-17-21-36(22-18-31)40-29-33-10-3-1-4-11-33)26-8-15-32-19-23-37(24-20-32)41-30-34-12-5-2-6-13-34;;/h1-6,10-13,17-24,35H,7-9,14-16,25-30,38H2;2*1H/q+1;;/p-1. The summed E-state index contributed by atoms with van der Waals surface area (Å²) in [6.07, 6.45) is 6.96. The molecule has 4 aromatic carbocycles. The minimum absolute atomic E-state index is 0. The molecule has 230 valence electrons. The summed E-state index contributed by atoms with van der Waals surface area (Å²) >= 11 is 0. The molecule has 1 atom stereocenters. The lowest BCUT2D eigenvalue weighted by Gasteiger charge is -2.44. The highest BCUT2D eigenvalue weighted by atomic mass is 35.5. The zero-order chi connectivity index (χ0) is 28.2. The molecule has 1 aliphatic heterocycles. The molecule has 4 nitrogen and oxygen atoms in total. The van der Waals surface area contributed by atoms with Gasteiger partial charge in [0.05, 0.1) is 32.2 Å². The number of aryl methyl sites for hydroxylation is 2. The van der Waals surface area contributed by atoms with E-state index in [0.717, 1.165) is 41.8 Å². The van der Waals surface area contributed by atoms with Crippen LogP contribution in [0.1, 0.15) is 47.9 Å². The first-order chi connectivity index (χ1) is 20.2. The normalized spacial score (nSPS) is 15.5. The van der Waals surface area contributed by atoms with Crippen LogP contribution in [0.25, 0.3) is 0 Å².